The largest absolute Gasteiger partial charge is 0.344 e. The first-order valence-electron chi connectivity index (χ1n) is 7.56. The molecule has 0 saturated carbocycles. The zero-order chi connectivity index (χ0) is 15.6. The van der Waals surface area contributed by atoms with Gasteiger partial charge in [0.2, 0.25) is 11.8 Å². The van der Waals surface area contributed by atoms with E-state index in [0.717, 1.165) is 16.8 Å². The van der Waals surface area contributed by atoms with Crippen LogP contribution in [0.2, 0.25) is 0 Å². The molecule has 21 heavy (non-hydrogen) atoms. The fourth-order valence-electron chi connectivity index (χ4n) is 2.72. The molecule has 1 fully saturated rings. The highest BCUT2D eigenvalue weighted by molar-refractivity contribution is 6.01. The zero-order valence-electron chi connectivity index (χ0n) is 13.3. The summed E-state index contributed by atoms with van der Waals surface area (Å²) in [5, 5.41) is 2.86. The molecule has 1 saturated heterocycles. The third-order valence-corrected chi connectivity index (χ3v) is 3.82. The van der Waals surface area contributed by atoms with E-state index in [0.29, 0.717) is 25.3 Å². The molecular formula is C17H24N2O2. The maximum Gasteiger partial charge on any atom is 0.249 e. The Morgan fingerprint density at radius 2 is 2.00 bits per heavy atom. The first kappa shape index (κ1) is 15.5. The van der Waals surface area contributed by atoms with Crippen molar-refractivity contribution in [1.82, 2.24) is 5.32 Å². The number of anilines is 1. The van der Waals surface area contributed by atoms with Crippen molar-refractivity contribution in [3.63, 3.8) is 0 Å². The summed E-state index contributed by atoms with van der Waals surface area (Å²) in [5.74, 6) is 0.322. The molecule has 1 heterocycles. The van der Waals surface area contributed by atoms with E-state index < -0.39 is 6.04 Å². The van der Waals surface area contributed by atoms with Crippen LogP contribution in [0.5, 0.6) is 0 Å². The van der Waals surface area contributed by atoms with E-state index >= 15 is 0 Å². The van der Waals surface area contributed by atoms with Crippen molar-refractivity contribution >= 4 is 17.5 Å². The Balaban J connectivity index is 2.35. The normalized spacial score (nSPS) is 19.7. The van der Waals surface area contributed by atoms with E-state index in [9.17, 15) is 9.59 Å². The summed E-state index contributed by atoms with van der Waals surface area (Å²) in [6, 6.07) is 5.67. The second kappa shape index (κ2) is 6.29. The molecular weight excluding hydrogens is 264 g/mol. The van der Waals surface area contributed by atoms with E-state index in [-0.39, 0.29) is 11.8 Å². The summed E-state index contributed by atoms with van der Waals surface area (Å²) >= 11 is 0. The van der Waals surface area contributed by atoms with Gasteiger partial charge in [-0.1, -0.05) is 26.0 Å². The number of hydrogen-bond acceptors (Lipinski definition) is 2. The highest BCUT2D eigenvalue weighted by Crippen LogP contribution is 2.24. The Morgan fingerprint density at radius 3 is 2.67 bits per heavy atom. The average Bonchev–Trinajstić information content (AvgIpc) is 2.53. The maximum atomic E-state index is 12.8. The summed E-state index contributed by atoms with van der Waals surface area (Å²) in [6.45, 7) is 8.59. The molecule has 1 aliphatic rings. The van der Waals surface area contributed by atoms with Gasteiger partial charge in [-0.15, -0.1) is 0 Å². The minimum absolute atomic E-state index is 0.00301. The lowest BCUT2D eigenvalue weighted by Crippen LogP contribution is -2.45. The van der Waals surface area contributed by atoms with Gasteiger partial charge in [0.15, 0.2) is 0 Å². The summed E-state index contributed by atoms with van der Waals surface area (Å²) in [6.07, 6.45) is 1.03. The Labute approximate surface area is 126 Å². The lowest BCUT2D eigenvalue weighted by molar-refractivity contribution is -0.125. The van der Waals surface area contributed by atoms with Gasteiger partial charge in [0.25, 0.3) is 0 Å². The standard InChI is InChI=1S/C17H24N2O2/c1-11(2)9-14-17(21)19(8-7-16(20)18-14)15-10-12(3)5-6-13(15)4/h5-6,10-11,14H,7-9H2,1-4H3,(H,18,20). The topological polar surface area (TPSA) is 49.4 Å². The molecule has 0 radical (unpaired) electrons. The first-order valence-corrected chi connectivity index (χ1v) is 7.56. The highest BCUT2D eigenvalue weighted by Gasteiger charge is 2.31. The van der Waals surface area contributed by atoms with Gasteiger partial charge >= 0.3 is 0 Å². The van der Waals surface area contributed by atoms with Crippen molar-refractivity contribution in [3.05, 3.63) is 29.3 Å². The van der Waals surface area contributed by atoms with Crippen LogP contribution >= 0.6 is 0 Å². The Morgan fingerprint density at radius 1 is 1.29 bits per heavy atom. The van der Waals surface area contributed by atoms with Crippen molar-refractivity contribution in [3.8, 4) is 0 Å². The summed E-state index contributed by atoms with van der Waals surface area (Å²) in [7, 11) is 0. The van der Waals surface area contributed by atoms with Gasteiger partial charge in [0.1, 0.15) is 6.04 Å². The number of amides is 2. The van der Waals surface area contributed by atoms with Crippen LogP contribution in [0.4, 0.5) is 5.69 Å². The van der Waals surface area contributed by atoms with Crippen LogP contribution < -0.4 is 10.2 Å². The van der Waals surface area contributed by atoms with Crippen LogP contribution in [0.25, 0.3) is 0 Å². The molecule has 0 bridgehead atoms. The molecule has 0 aliphatic carbocycles. The molecule has 1 atom stereocenters. The van der Waals surface area contributed by atoms with Crippen LogP contribution in [-0.2, 0) is 9.59 Å². The van der Waals surface area contributed by atoms with Gasteiger partial charge in [0.05, 0.1) is 0 Å². The van der Waals surface area contributed by atoms with Gasteiger partial charge < -0.3 is 10.2 Å². The molecule has 4 nitrogen and oxygen atoms in total. The Bertz CT molecular complexity index is 552. The molecule has 1 aliphatic heterocycles. The number of aryl methyl sites for hydroxylation is 2. The van der Waals surface area contributed by atoms with E-state index in [4.69, 9.17) is 0 Å². The number of benzene rings is 1. The Hall–Kier alpha value is -1.84. The van der Waals surface area contributed by atoms with Gasteiger partial charge in [-0.3, -0.25) is 9.59 Å². The predicted octanol–water partition coefficient (Wildman–Crippen LogP) is 2.57. The summed E-state index contributed by atoms with van der Waals surface area (Å²) < 4.78 is 0. The lowest BCUT2D eigenvalue weighted by Gasteiger charge is -2.26. The van der Waals surface area contributed by atoms with Gasteiger partial charge in [-0.25, -0.2) is 0 Å². The number of hydrogen-bond donors (Lipinski definition) is 1. The quantitative estimate of drug-likeness (QED) is 0.929. The number of carbonyl (C=O) groups is 2. The van der Waals surface area contributed by atoms with Gasteiger partial charge in [0, 0.05) is 18.7 Å². The third-order valence-electron chi connectivity index (χ3n) is 3.82. The van der Waals surface area contributed by atoms with Crippen LogP contribution in [0, 0.1) is 19.8 Å². The number of carbonyl (C=O) groups excluding carboxylic acids is 2. The van der Waals surface area contributed by atoms with Crippen LogP contribution in [0.15, 0.2) is 18.2 Å². The zero-order valence-corrected chi connectivity index (χ0v) is 13.3. The minimum atomic E-state index is -0.417. The van der Waals surface area contributed by atoms with Crippen molar-refractivity contribution in [2.45, 2.75) is 46.6 Å². The van der Waals surface area contributed by atoms with Crippen molar-refractivity contribution in [2.75, 3.05) is 11.4 Å². The number of nitrogens with zero attached hydrogens (tertiary/aromatic N) is 1. The maximum absolute atomic E-state index is 12.8. The molecule has 0 aromatic heterocycles. The average molecular weight is 288 g/mol. The monoisotopic (exact) mass is 288 g/mol. The second-order valence-electron chi connectivity index (χ2n) is 6.28. The van der Waals surface area contributed by atoms with E-state index in [1.54, 1.807) is 4.90 Å². The minimum Gasteiger partial charge on any atom is -0.344 e. The van der Waals surface area contributed by atoms with Crippen molar-refractivity contribution in [2.24, 2.45) is 5.92 Å². The fraction of sp³-hybridized carbons (Fsp3) is 0.529. The van der Waals surface area contributed by atoms with Gasteiger partial charge in [-0.05, 0) is 43.4 Å². The molecule has 0 spiro atoms. The molecule has 1 aromatic rings. The second-order valence-corrected chi connectivity index (χ2v) is 6.28. The molecule has 2 rings (SSSR count). The van der Waals surface area contributed by atoms with E-state index in [2.05, 4.69) is 19.2 Å². The smallest absolute Gasteiger partial charge is 0.249 e. The molecule has 1 N–H and O–H groups in total. The Kier molecular flexibility index (Phi) is 4.66. The third kappa shape index (κ3) is 3.63. The van der Waals surface area contributed by atoms with Gasteiger partial charge in [-0.2, -0.15) is 0 Å². The first-order chi connectivity index (χ1) is 9.88. The molecule has 1 unspecified atom stereocenters. The van der Waals surface area contributed by atoms with E-state index in [1.165, 1.54) is 0 Å². The number of nitrogens with one attached hydrogen (secondary N) is 1. The van der Waals surface area contributed by atoms with Crippen LogP contribution in [-0.4, -0.2) is 24.4 Å². The molecule has 2 amide bonds. The van der Waals surface area contributed by atoms with Crippen LogP contribution in [0.1, 0.15) is 37.8 Å². The molecule has 114 valence electrons. The van der Waals surface area contributed by atoms with Crippen LogP contribution in [0.3, 0.4) is 0 Å². The van der Waals surface area contributed by atoms with Crippen molar-refractivity contribution in [1.29, 1.82) is 0 Å². The SMILES string of the molecule is Cc1ccc(C)c(N2CCC(=O)NC(CC(C)C)C2=O)c1. The molecule has 4 heteroatoms. The summed E-state index contributed by atoms with van der Waals surface area (Å²) in [4.78, 5) is 26.4. The van der Waals surface area contributed by atoms with Crippen molar-refractivity contribution < 1.29 is 9.59 Å². The lowest BCUT2D eigenvalue weighted by atomic mass is 10.0. The predicted molar refractivity (Wildman–Crippen MR) is 84.3 cm³/mol. The fourth-order valence-corrected chi connectivity index (χ4v) is 2.72. The number of rotatable bonds is 3. The molecule has 1 aromatic carbocycles. The highest BCUT2D eigenvalue weighted by atomic mass is 16.2. The van der Waals surface area contributed by atoms with E-state index in [1.807, 2.05) is 32.0 Å². The summed E-state index contributed by atoms with van der Waals surface area (Å²) in [5.41, 5.74) is 3.10.